The molecule has 1 radical (unpaired) electrons. The van der Waals surface area contributed by atoms with E-state index in [9.17, 15) is 4.79 Å². The van der Waals surface area contributed by atoms with Gasteiger partial charge < -0.3 is 10.2 Å². The van der Waals surface area contributed by atoms with Crippen LogP contribution in [-0.4, -0.2) is 51.8 Å². The molecule has 1 atom stereocenters. The summed E-state index contributed by atoms with van der Waals surface area (Å²) in [4.78, 5) is 9.78. The van der Waals surface area contributed by atoms with Crippen molar-refractivity contribution in [1.29, 1.82) is 0 Å². The van der Waals surface area contributed by atoms with Gasteiger partial charge in [0, 0.05) is 0 Å². The number of aliphatic hydroxyl groups excluding tert-OH is 1. The molecule has 0 bridgehead atoms. The molecule has 4 heteroatoms. The molecule has 2 N–H and O–H groups in total. The first kappa shape index (κ1) is 12.1. The van der Waals surface area contributed by atoms with E-state index in [1.165, 1.54) is 0 Å². The maximum atomic E-state index is 9.78. The van der Waals surface area contributed by atoms with E-state index in [0.29, 0.717) is 0 Å². The van der Waals surface area contributed by atoms with Gasteiger partial charge in [0.25, 0.3) is 0 Å². The first-order valence-corrected chi connectivity index (χ1v) is 2.36. The van der Waals surface area contributed by atoms with Crippen LogP contribution in [0, 0.1) is 6.92 Å². The maximum absolute atomic E-state index is 9.78. The number of aliphatic carboxylic acids is 1. The zero-order valence-corrected chi connectivity index (χ0v) is 4.50. The SMILES string of the molecule is [CH2]CC(O)CC(=O)O.[NaH]. The zero-order chi connectivity index (χ0) is 6.57. The number of hydrogen-bond donors (Lipinski definition) is 2. The first-order valence-electron chi connectivity index (χ1n) is 2.36. The van der Waals surface area contributed by atoms with Crippen LogP contribution < -0.4 is 0 Å². The molecule has 0 saturated heterocycles. The third-order valence-corrected chi connectivity index (χ3v) is 0.743. The van der Waals surface area contributed by atoms with Gasteiger partial charge in [-0.2, -0.15) is 0 Å². The van der Waals surface area contributed by atoms with Gasteiger partial charge in [-0.3, -0.25) is 4.79 Å². The van der Waals surface area contributed by atoms with Gasteiger partial charge in [0.2, 0.25) is 0 Å². The zero-order valence-electron chi connectivity index (χ0n) is 4.50. The molecule has 49 valence electrons. The molecule has 9 heavy (non-hydrogen) atoms. The van der Waals surface area contributed by atoms with Crippen molar-refractivity contribution in [2.75, 3.05) is 0 Å². The summed E-state index contributed by atoms with van der Waals surface area (Å²) in [5, 5.41) is 16.6. The summed E-state index contributed by atoms with van der Waals surface area (Å²) in [6, 6.07) is 0. The molecule has 0 aliphatic carbocycles. The number of rotatable bonds is 3. The van der Waals surface area contributed by atoms with Crippen molar-refractivity contribution >= 4 is 35.5 Å². The standard InChI is InChI=1S/C5H9O3.Na.H/c1-2-4(6)3-5(7)8;;/h4,6H,1-3H2,(H,7,8);;. The topological polar surface area (TPSA) is 57.5 Å². The second-order valence-corrected chi connectivity index (χ2v) is 1.54. The average Bonchev–Trinajstić information content (AvgIpc) is 1.65. The van der Waals surface area contributed by atoms with Crippen LogP contribution >= 0.6 is 0 Å². The second kappa shape index (κ2) is 6.55. The Morgan fingerprint density at radius 3 is 2.22 bits per heavy atom. The quantitative estimate of drug-likeness (QED) is 0.516. The van der Waals surface area contributed by atoms with E-state index in [1.807, 2.05) is 0 Å². The molecule has 0 fully saturated rings. The third-order valence-electron chi connectivity index (χ3n) is 0.743. The minimum atomic E-state index is -0.985. The van der Waals surface area contributed by atoms with Gasteiger partial charge in [-0.25, -0.2) is 0 Å². The summed E-state index contributed by atoms with van der Waals surface area (Å²) in [6.07, 6.45) is -0.733. The van der Waals surface area contributed by atoms with Gasteiger partial charge in [-0.1, -0.05) is 6.92 Å². The van der Waals surface area contributed by atoms with Gasteiger partial charge in [0.15, 0.2) is 0 Å². The van der Waals surface area contributed by atoms with Crippen LogP contribution in [0.5, 0.6) is 0 Å². The van der Waals surface area contributed by atoms with E-state index in [2.05, 4.69) is 6.92 Å². The fourth-order valence-corrected chi connectivity index (χ4v) is 0.304. The Balaban J connectivity index is 0. The van der Waals surface area contributed by atoms with Crippen LogP contribution in [0.1, 0.15) is 12.8 Å². The van der Waals surface area contributed by atoms with Crippen molar-refractivity contribution in [3.63, 3.8) is 0 Å². The van der Waals surface area contributed by atoms with E-state index in [0.717, 1.165) is 0 Å². The molecule has 0 amide bonds. The second-order valence-electron chi connectivity index (χ2n) is 1.54. The minimum absolute atomic E-state index is 0. The van der Waals surface area contributed by atoms with Crippen molar-refractivity contribution in [1.82, 2.24) is 0 Å². The van der Waals surface area contributed by atoms with Gasteiger partial charge in [0.05, 0.1) is 12.5 Å². The molecule has 0 heterocycles. The fourth-order valence-electron chi connectivity index (χ4n) is 0.304. The van der Waals surface area contributed by atoms with Gasteiger partial charge in [-0.05, 0) is 6.42 Å². The molecule has 0 spiro atoms. The molecule has 3 nitrogen and oxygen atoms in total. The van der Waals surface area contributed by atoms with E-state index in [4.69, 9.17) is 10.2 Å². The molecule has 0 aromatic heterocycles. The average molecular weight is 141 g/mol. The number of carboxylic acids is 1. The van der Waals surface area contributed by atoms with Crippen molar-refractivity contribution in [2.24, 2.45) is 0 Å². The Morgan fingerprint density at radius 2 is 2.11 bits per heavy atom. The van der Waals surface area contributed by atoms with Crippen LogP contribution in [0.15, 0.2) is 0 Å². The molecular formula is C5H10NaO3. The fraction of sp³-hybridized carbons (Fsp3) is 0.600. The van der Waals surface area contributed by atoms with Crippen molar-refractivity contribution < 1.29 is 15.0 Å². The normalized spacial score (nSPS) is 11.8. The Hall–Kier alpha value is 0.430. The van der Waals surface area contributed by atoms with Gasteiger partial charge >= 0.3 is 35.5 Å². The molecular weight excluding hydrogens is 131 g/mol. The third kappa shape index (κ3) is 8.43. The first-order chi connectivity index (χ1) is 3.66. The Morgan fingerprint density at radius 1 is 1.67 bits per heavy atom. The summed E-state index contributed by atoms with van der Waals surface area (Å²) in [5.41, 5.74) is 0. The molecule has 0 saturated carbocycles. The summed E-state index contributed by atoms with van der Waals surface area (Å²) in [5.74, 6) is -0.985. The van der Waals surface area contributed by atoms with E-state index in [1.54, 1.807) is 0 Å². The summed E-state index contributed by atoms with van der Waals surface area (Å²) in [6.45, 7) is 3.33. The van der Waals surface area contributed by atoms with E-state index >= 15 is 0 Å². The molecule has 0 aliphatic heterocycles. The summed E-state index contributed by atoms with van der Waals surface area (Å²) < 4.78 is 0. The van der Waals surface area contributed by atoms with Crippen LogP contribution in [0.3, 0.4) is 0 Å². The molecule has 1 unspecified atom stereocenters. The van der Waals surface area contributed by atoms with E-state index in [-0.39, 0.29) is 42.4 Å². The van der Waals surface area contributed by atoms with Crippen LogP contribution in [0.4, 0.5) is 0 Å². The van der Waals surface area contributed by atoms with Crippen molar-refractivity contribution in [2.45, 2.75) is 18.9 Å². The predicted molar refractivity (Wildman–Crippen MR) is 35.4 cm³/mol. The van der Waals surface area contributed by atoms with Crippen molar-refractivity contribution in [3.8, 4) is 0 Å². The Labute approximate surface area is 76.4 Å². The molecule has 0 aromatic rings. The summed E-state index contributed by atoms with van der Waals surface area (Å²) >= 11 is 0. The Kier molecular flexibility index (Phi) is 8.83. The molecule has 0 aliphatic rings. The van der Waals surface area contributed by atoms with Gasteiger partial charge in [0.1, 0.15) is 0 Å². The van der Waals surface area contributed by atoms with Gasteiger partial charge in [-0.15, -0.1) is 0 Å². The van der Waals surface area contributed by atoms with Crippen LogP contribution in [0.2, 0.25) is 0 Å². The summed E-state index contributed by atoms with van der Waals surface area (Å²) in [7, 11) is 0. The number of carboxylic acid groups (broad SMARTS) is 1. The predicted octanol–water partition coefficient (Wildman–Crippen LogP) is -0.602. The van der Waals surface area contributed by atoms with E-state index < -0.39 is 12.1 Å². The molecule has 0 aromatic carbocycles. The Bertz CT molecular complexity index is 84.3. The van der Waals surface area contributed by atoms with Crippen LogP contribution in [-0.2, 0) is 4.79 Å². The number of hydrogen-bond acceptors (Lipinski definition) is 2. The monoisotopic (exact) mass is 141 g/mol. The van der Waals surface area contributed by atoms with Crippen LogP contribution in [0.25, 0.3) is 0 Å². The number of carbonyl (C=O) groups is 1. The number of aliphatic hydroxyl groups is 1. The van der Waals surface area contributed by atoms with Crippen molar-refractivity contribution in [3.05, 3.63) is 6.92 Å². The molecule has 0 rings (SSSR count).